The van der Waals surface area contributed by atoms with Crippen molar-refractivity contribution in [3.05, 3.63) is 46.8 Å². The minimum Gasteiger partial charge on any atom is -0.496 e. The van der Waals surface area contributed by atoms with E-state index in [1.807, 2.05) is 0 Å². The Balaban J connectivity index is 2.57. The van der Waals surface area contributed by atoms with Gasteiger partial charge in [-0.3, -0.25) is 9.36 Å². The zero-order valence-electron chi connectivity index (χ0n) is 15.9. The van der Waals surface area contributed by atoms with E-state index in [-0.39, 0.29) is 22.5 Å². The van der Waals surface area contributed by atoms with Gasteiger partial charge in [-0.1, -0.05) is 12.6 Å². The van der Waals surface area contributed by atoms with E-state index in [2.05, 4.69) is 16.5 Å². The van der Waals surface area contributed by atoms with Gasteiger partial charge in [0.2, 0.25) is 0 Å². The molecule has 29 heavy (non-hydrogen) atoms. The number of amides is 1. The number of alkyl halides is 3. The highest BCUT2D eigenvalue weighted by molar-refractivity contribution is 6.09. The number of halogens is 3. The van der Waals surface area contributed by atoms with Gasteiger partial charge in [-0.05, 0) is 31.6 Å². The van der Waals surface area contributed by atoms with Crippen molar-refractivity contribution in [3.63, 3.8) is 0 Å². The maximum atomic E-state index is 13.5. The SMILES string of the molecule is C=Cc1nc2c(C(N)=O)c(N)n(-c3c(C)ccc(OC)c3C)c2nc1C(F)(F)F. The number of rotatable bonds is 4. The Labute approximate surface area is 163 Å². The fourth-order valence-electron chi connectivity index (χ4n) is 3.31. The van der Waals surface area contributed by atoms with Crippen LogP contribution in [0.5, 0.6) is 5.75 Å². The van der Waals surface area contributed by atoms with Crippen LogP contribution < -0.4 is 16.2 Å². The monoisotopic (exact) mass is 405 g/mol. The molecule has 0 unspecified atom stereocenters. The molecule has 3 aromatic rings. The lowest BCUT2D eigenvalue weighted by atomic mass is 10.1. The molecule has 0 atom stereocenters. The lowest BCUT2D eigenvalue weighted by Crippen LogP contribution is -2.14. The van der Waals surface area contributed by atoms with Crippen LogP contribution in [0.1, 0.15) is 32.9 Å². The van der Waals surface area contributed by atoms with Crippen LogP contribution in [0.3, 0.4) is 0 Å². The number of carbonyl (C=O) groups is 1. The fraction of sp³-hybridized carbons (Fsp3) is 0.211. The average molecular weight is 405 g/mol. The van der Waals surface area contributed by atoms with Crippen LogP contribution >= 0.6 is 0 Å². The zero-order valence-corrected chi connectivity index (χ0v) is 15.9. The Hall–Kier alpha value is -3.56. The summed E-state index contributed by atoms with van der Waals surface area (Å²) in [6.07, 6.45) is -3.88. The smallest absolute Gasteiger partial charge is 0.435 e. The molecule has 0 bridgehead atoms. The number of methoxy groups -OCH3 is 1. The average Bonchev–Trinajstić information content (AvgIpc) is 2.91. The highest BCUT2D eigenvalue weighted by Crippen LogP contribution is 2.38. The summed E-state index contributed by atoms with van der Waals surface area (Å²) in [4.78, 5) is 19.8. The highest BCUT2D eigenvalue weighted by atomic mass is 19.4. The van der Waals surface area contributed by atoms with Gasteiger partial charge in [0.15, 0.2) is 11.3 Å². The molecule has 3 rings (SSSR count). The van der Waals surface area contributed by atoms with E-state index in [4.69, 9.17) is 16.2 Å². The van der Waals surface area contributed by atoms with E-state index < -0.39 is 23.5 Å². The van der Waals surface area contributed by atoms with Crippen molar-refractivity contribution in [1.29, 1.82) is 0 Å². The molecule has 2 aromatic heterocycles. The molecule has 2 heterocycles. The van der Waals surface area contributed by atoms with Crippen molar-refractivity contribution in [1.82, 2.24) is 14.5 Å². The lowest BCUT2D eigenvalue weighted by molar-refractivity contribution is -0.141. The van der Waals surface area contributed by atoms with Crippen molar-refractivity contribution in [2.45, 2.75) is 20.0 Å². The summed E-state index contributed by atoms with van der Waals surface area (Å²) >= 11 is 0. The topological polar surface area (TPSA) is 109 Å². The molecule has 1 aromatic carbocycles. The third kappa shape index (κ3) is 3.06. The van der Waals surface area contributed by atoms with Crippen molar-refractivity contribution < 1.29 is 22.7 Å². The molecule has 7 nitrogen and oxygen atoms in total. The molecule has 0 saturated heterocycles. The van der Waals surface area contributed by atoms with E-state index in [9.17, 15) is 18.0 Å². The third-order valence-corrected chi connectivity index (χ3v) is 4.58. The van der Waals surface area contributed by atoms with Gasteiger partial charge in [-0.15, -0.1) is 0 Å². The fourth-order valence-corrected chi connectivity index (χ4v) is 3.31. The standard InChI is InChI=1S/C19H18F3N5O2/c1-5-10-15(19(20,21)22)26-18-13(25-10)12(17(24)28)16(23)27(18)14-8(2)6-7-11(29-4)9(14)3/h5-7H,1,23H2,2-4H3,(H2,24,28). The first-order valence-corrected chi connectivity index (χ1v) is 8.38. The van der Waals surface area contributed by atoms with Crippen LogP contribution in [0.15, 0.2) is 18.7 Å². The Morgan fingerprint density at radius 2 is 1.93 bits per heavy atom. The van der Waals surface area contributed by atoms with Crippen LogP contribution in [-0.2, 0) is 6.18 Å². The number of nitrogens with zero attached hydrogens (tertiary/aromatic N) is 3. The number of hydrogen-bond donors (Lipinski definition) is 2. The summed E-state index contributed by atoms with van der Waals surface area (Å²) in [5.74, 6) is -0.617. The third-order valence-electron chi connectivity index (χ3n) is 4.58. The minimum absolute atomic E-state index is 0.139. The molecule has 152 valence electrons. The molecule has 10 heteroatoms. The van der Waals surface area contributed by atoms with Gasteiger partial charge in [0.05, 0.1) is 18.5 Å². The molecule has 0 spiro atoms. The molecule has 1 amide bonds. The number of anilines is 1. The molecule has 0 fully saturated rings. The van der Waals surface area contributed by atoms with Gasteiger partial charge in [0.25, 0.3) is 5.91 Å². The summed E-state index contributed by atoms with van der Waals surface area (Å²) in [7, 11) is 1.46. The van der Waals surface area contributed by atoms with Crippen molar-refractivity contribution >= 4 is 29.0 Å². The summed E-state index contributed by atoms with van der Waals surface area (Å²) < 4.78 is 47.2. The summed E-state index contributed by atoms with van der Waals surface area (Å²) in [6, 6.07) is 3.43. The van der Waals surface area contributed by atoms with E-state index >= 15 is 0 Å². The summed E-state index contributed by atoms with van der Waals surface area (Å²) in [6.45, 7) is 6.81. The lowest BCUT2D eigenvalue weighted by Gasteiger charge is -2.17. The molecular formula is C19H18F3N5O2. The number of benzene rings is 1. The second-order valence-electron chi connectivity index (χ2n) is 6.35. The van der Waals surface area contributed by atoms with Crippen molar-refractivity contribution in [2.75, 3.05) is 12.8 Å². The van der Waals surface area contributed by atoms with Crippen molar-refractivity contribution in [2.24, 2.45) is 5.73 Å². The van der Waals surface area contributed by atoms with Crippen LogP contribution in [0, 0.1) is 13.8 Å². The van der Waals surface area contributed by atoms with E-state index in [1.165, 1.54) is 11.7 Å². The number of fused-ring (bicyclic) bond motifs is 1. The second kappa shape index (κ2) is 6.80. The number of ether oxygens (including phenoxy) is 1. The maximum absolute atomic E-state index is 13.5. The molecule has 4 N–H and O–H groups in total. The Bertz CT molecular complexity index is 1170. The number of aromatic nitrogens is 3. The van der Waals surface area contributed by atoms with Crippen LogP contribution in [0.2, 0.25) is 0 Å². The quantitative estimate of drug-likeness (QED) is 0.692. The van der Waals surface area contributed by atoms with Gasteiger partial charge in [-0.2, -0.15) is 13.2 Å². The van der Waals surface area contributed by atoms with Gasteiger partial charge in [0.1, 0.15) is 22.6 Å². The molecule has 0 aliphatic rings. The highest BCUT2D eigenvalue weighted by Gasteiger charge is 2.38. The predicted molar refractivity (Wildman–Crippen MR) is 103 cm³/mol. The van der Waals surface area contributed by atoms with E-state index in [0.717, 1.165) is 6.08 Å². The Kier molecular flexibility index (Phi) is 4.73. The van der Waals surface area contributed by atoms with E-state index in [1.54, 1.807) is 26.0 Å². The largest absolute Gasteiger partial charge is 0.496 e. The van der Waals surface area contributed by atoms with Crippen molar-refractivity contribution in [3.8, 4) is 11.4 Å². The van der Waals surface area contributed by atoms with Crippen LogP contribution in [0.4, 0.5) is 19.0 Å². The number of aryl methyl sites for hydroxylation is 1. The summed E-state index contributed by atoms with van der Waals surface area (Å²) in [5, 5.41) is 0. The van der Waals surface area contributed by atoms with Gasteiger partial charge >= 0.3 is 6.18 Å². The number of hydrogen-bond acceptors (Lipinski definition) is 5. The van der Waals surface area contributed by atoms with Crippen LogP contribution in [0.25, 0.3) is 22.9 Å². The predicted octanol–water partition coefficient (Wildman–Crippen LogP) is 3.39. The summed E-state index contributed by atoms with van der Waals surface area (Å²) in [5.41, 5.74) is 10.9. The molecular weight excluding hydrogens is 387 g/mol. The molecule has 0 aliphatic heterocycles. The number of nitrogen functional groups attached to an aromatic ring is 1. The van der Waals surface area contributed by atoms with Gasteiger partial charge < -0.3 is 16.2 Å². The minimum atomic E-state index is -4.79. The molecule has 0 saturated carbocycles. The van der Waals surface area contributed by atoms with E-state index in [0.29, 0.717) is 22.6 Å². The first-order chi connectivity index (χ1) is 13.5. The number of primary amides is 1. The maximum Gasteiger partial charge on any atom is 0.435 e. The first-order valence-electron chi connectivity index (χ1n) is 8.38. The molecule has 0 radical (unpaired) electrons. The Morgan fingerprint density at radius 1 is 1.28 bits per heavy atom. The number of carbonyl (C=O) groups excluding carboxylic acids is 1. The zero-order chi connectivity index (χ0) is 21.7. The van der Waals surface area contributed by atoms with Gasteiger partial charge in [0, 0.05) is 5.56 Å². The second-order valence-corrected chi connectivity index (χ2v) is 6.35. The molecule has 0 aliphatic carbocycles. The van der Waals surface area contributed by atoms with Crippen LogP contribution in [-0.4, -0.2) is 27.6 Å². The number of nitrogens with two attached hydrogens (primary N) is 2. The van der Waals surface area contributed by atoms with Gasteiger partial charge in [-0.25, -0.2) is 9.97 Å². The first kappa shape index (κ1) is 20.2. The Morgan fingerprint density at radius 3 is 2.45 bits per heavy atom. The normalized spacial score (nSPS) is 11.7.